The second kappa shape index (κ2) is 4.96. The fourth-order valence-corrected chi connectivity index (χ4v) is 2.17. The van der Waals surface area contributed by atoms with Crippen molar-refractivity contribution in [3.8, 4) is 0 Å². The van der Waals surface area contributed by atoms with Gasteiger partial charge in [0.25, 0.3) is 5.69 Å². The quantitative estimate of drug-likeness (QED) is 0.649. The Morgan fingerprint density at radius 1 is 1.42 bits per heavy atom. The predicted molar refractivity (Wildman–Crippen MR) is 68.7 cm³/mol. The predicted octanol–water partition coefficient (Wildman–Crippen LogP) is 2.02. The molecule has 1 aliphatic rings. The molecule has 2 atom stereocenters. The zero-order valence-electron chi connectivity index (χ0n) is 9.50. The molecule has 100 valence electrons. The normalized spacial score (nSPS) is 20.7. The summed E-state index contributed by atoms with van der Waals surface area (Å²) in [6.45, 7) is 0. The van der Waals surface area contributed by atoms with Gasteiger partial charge in [0.05, 0.1) is 22.4 Å². The number of hydrogen-bond donors (Lipinski definition) is 2. The number of nitrogens with zero attached hydrogens (tertiary/aromatic N) is 1. The number of nitro benzene ring substituents is 1. The van der Waals surface area contributed by atoms with Crippen LogP contribution in [0.2, 0.25) is 0 Å². The summed E-state index contributed by atoms with van der Waals surface area (Å²) in [6, 6.07) is 3.94. The highest BCUT2D eigenvalue weighted by molar-refractivity contribution is 9.10. The Morgan fingerprint density at radius 2 is 2.11 bits per heavy atom. The van der Waals surface area contributed by atoms with Gasteiger partial charge < -0.3 is 10.4 Å². The van der Waals surface area contributed by atoms with Gasteiger partial charge in [-0.15, -0.1) is 0 Å². The van der Waals surface area contributed by atoms with E-state index in [1.165, 1.54) is 18.2 Å². The lowest BCUT2D eigenvalue weighted by Gasteiger charge is -2.06. The molecule has 0 radical (unpaired) electrons. The summed E-state index contributed by atoms with van der Waals surface area (Å²) >= 11 is 3.12. The van der Waals surface area contributed by atoms with E-state index in [-0.39, 0.29) is 11.6 Å². The third kappa shape index (κ3) is 2.90. The van der Waals surface area contributed by atoms with E-state index < -0.39 is 22.7 Å². The first-order valence-corrected chi connectivity index (χ1v) is 6.17. The van der Waals surface area contributed by atoms with Crippen molar-refractivity contribution in [3.05, 3.63) is 32.8 Å². The minimum atomic E-state index is -0.983. The molecular formula is C11H9BrN2O5. The molecule has 19 heavy (non-hydrogen) atoms. The molecule has 8 heteroatoms. The fraction of sp³-hybridized carbons (Fsp3) is 0.273. The molecule has 0 saturated heterocycles. The lowest BCUT2D eigenvalue weighted by molar-refractivity contribution is -0.384. The smallest absolute Gasteiger partial charge is 0.307 e. The number of rotatable bonds is 4. The van der Waals surface area contributed by atoms with Gasteiger partial charge in [0.2, 0.25) is 5.91 Å². The highest BCUT2D eigenvalue weighted by Crippen LogP contribution is 2.40. The van der Waals surface area contributed by atoms with Crippen LogP contribution in [0.15, 0.2) is 22.7 Å². The first-order valence-electron chi connectivity index (χ1n) is 5.37. The number of nitro groups is 1. The van der Waals surface area contributed by atoms with Crippen LogP contribution in [0.3, 0.4) is 0 Å². The number of carboxylic acids is 1. The van der Waals surface area contributed by atoms with Crippen LogP contribution in [0.1, 0.15) is 6.42 Å². The summed E-state index contributed by atoms with van der Waals surface area (Å²) in [7, 11) is 0. The molecule has 2 N–H and O–H groups in total. The molecule has 2 rings (SSSR count). The molecule has 1 aromatic carbocycles. The van der Waals surface area contributed by atoms with E-state index in [4.69, 9.17) is 5.11 Å². The largest absolute Gasteiger partial charge is 0.481 e. The molecule has 0 aliphatic heterocycles. The average Bonchev–Trinajstić information content (AvgIpc) is 3.11. The van der Waals surface area contributed by atoms with Gasteiger partial charge >= 0.3 is 5.97 Å². The van der Waals surface area contributed by atoms with Crippen LogP contribution in [-0.4, -0.2) is 21.9 Å². The maximum atomic E-state index is 11.7. The van der Waals surface area contributed by atoms with E-state index >= 15 is 0 Å². The van der Waals surface area contributed by atoms with Gasteiger partial charge in [0.1, 0.15) is 0 Å². The maximum absolute atomic E-state index is 11.7. The van der Waals surface area contributed by atoms with Crippen molar-refractivity contribution in [2.24, 2.45) is 11.8 Å². The van der Waals surface area contributed by atoms with Gasteiger partial charge in [-0.05, 0) is 28.4 Å². The molecule has 1 saturated carbocycles. The molecule has 7 nitrogen and oxygen atoms in total. The molecule has 0 bridgehead atoms. The number of anilines is 1. The average molecular weight is 329 g/mol. The summed E-state index contributed by atoms with van der Waals surface area (Å²) in [5.41, 5.74) is 0.284. The van der Waals surface area contributed by atoms with Gasteiger partial charge in [-0.3, -0.25) is 19.7 Å². The van der Waals surface area contributed by atoms with Crippen LogP contribution in [0, 0.1) is 22.0 Å². The lowest BCUT2D eigenvalue weighted by Crippen LogP contribution is -2.17. The van der Waals surface area contributed by atoms with Crippen molar-refractivity contribution in [2.75, 3.05) is 5.32 Å². The fourth-order valence-electron chi connectivity index (χ4n) is 1.70. The van der Waals surface area contributed by atoms with Gasteiger partial charge in [-0.2, -0.15) is 0 Å². The summed E-state index contributed by atoms with van der Waals surface area (Å²) in [5, 5.41) is 21.8. The van der Waals surface area contributed by atoms with Crippen molar-refractivity contribution in [1.82, 2.24) is 0 Å². The Bertz CT molecular complexity index is 574. The topological polar surface area (TPSA) is 110 Å². The van der Waals surface area contributed by atoms with E-state index in [1.807, 2.05) is 0 Å². The Balaban J connectivity index is 2.06. The maximum Gasteiger partial charge on any atom is 0.307 e. The van der Waals surface area contributed by atoms with Gasteiger partial charge in [0.15, 0.2) is 0 Å². The number of aliphatic carboxylic acids is 1. The molecule has 1 amide bonds. The van der Waals surface area contributed by atoms with Crippen LogP contribution in [-0.2, 0) is 9.59 Å². The number of carboxylic acid groups (broad SMARTS) is 1. The van der Waals surface area contributed by atoms with Crippen molar-refractivity contribution < 1.29 is 19.6 Å². The molecular weight excluding hydrogens is 320 g/mol. The van der Waals surface area contributed by atoms with Crippen LogP contribution < -0.4 is 5.32 Å². The van der Waals surface area contributed by atoms with Gasteiger partial charge in [-0.1, -0.05) is 0 Å². The number of benzene rings is 1. The van der Waals surface area contributed by atoms with E-state index in [0.717, 1.165) is 0 Å². The van der Waals surface area contributed by atoms with Crippen LogP contribution in [0.25, 0.3) is 0 Å². The van der Waals surface area contributed by atoms with Gasteiger partial charge in [-0.25, -0.2) is 0 Å². The number of non-ortho nitro benzene ring substituents is 1. The SMILES string of the molecule is O=C(O)C1CC1C(=O)Nc1ccc([N+](=O)[O-])cc1Br. The second-order valence-electron chi connectivity index (χ2n) is 4.20. The number of carbonyl (C=O) groups excluding carboxylic acids is 1. The summed E-state index contributed by atoms with van der Waals surface area (Å²) in [6.07, 6.45) is 0.325. The standard InChI is InChI=1S/C11H9BrN2O5/c12-8-3-5(14(18)19)1-2-9(8)13-10(15)6-4-7(6)11(16)17/h1-3,6-7H,4H2,(H,13,15)(H,16,17). The Morgan fingerprint density at radius 3 is 2.58 bits per heavy atom. The summed E-state index contributed by atoms with van der Waals surface area (Å²) in [5.74, 6) is -2.53. The molecule has 2 unspecified atom stereocenters. The highest BCUT2D eigenvalue weighted by atomic mass is 79.9. The van der Waals surface area contributed by atoms with Crippen LogP contribution in [0.4, 0.5) is 11.4 Å². The highest BCUT2D eigenvalue weighted by Gasteiger charge is 2.48. The first kappa shape index (κ1) is 13.5. The Labute approximate surface area is 115 Å². The summed E-state index contributed by atoms with van der Waals surface area (Å²) in [4.78, 5) is 32.4. The first-order chi connectivity index (χ1) is 8.90. The van der Waals surface area contributed by atoms with E-state index in [1.54, 1.807) is 0 Å². The number of amides is 1. The van der Waals surface area contributed by atoms with E-state index in [0.29, 0.717) is 16.6 Å². The molecule has 0 aromatic heterocycles. The second-order valence-corrected chi connectivity index (χ2v) is 5.05. The molecule has 0 heterocycles. The number of nitrogens with one attached hydrogen (secondary N) is 1. The van der Waals surface area contributed by atoms with Crippen LogP contribution in [0.5, 0.6) is 0 Å². The monoisotopic (exact) mass is 328 g/mol. The zero-order valence-corrected chi connectivity index (χ0v) is 11.1. The molecule has 1 aliphatic carbocycles. The molecule has 1 aromatic rings. The third-order valence-corrected chi connectivity index (χ3v) is 3.52. The Kier molecular flexibility index (Phi) is 3.52. The van der Waals surface area contributed by atoms with Crippen molar-refractivity contribution in [3.63, 3.8) is 0 Å². The van der Waals surface area contributed by atoms with E-state index in [2.05, 4.69) is 21.2 Å². The van der Waals surface area contributed by atoms with E-state index in [9.17, 15) is 19.7 Å². The molecule has 0 spiro atoms. The van der Waals surface area contributed by atoms with Crippen molar-refractivity contribution >= 4 is 39.2 Å². The van der Waals surface area contributed by atoms with Gasteiger partial charge in [0, 0.05) is 16.6 Å². The number of carbonyl (C=O) groups is 2. The molecule has 1 fully saturated rings. The Hall–Kier alpha value is -1.96. The van der Waals surface area contributed by atoms with Crippen molar-refractivity contribution in [1.29, 1.82) is 0 Å². The van der Waals surface area contributed by atoms with Crippen molar-refractivity contribution in [2.45, 2.75) is 6.42 Å². The lowest BCUT2D eigenvalue weighted by atomic mass is 10.2. The minimum absolute atomic E-state index is 0.0975. The number of halogens is 1. The summed E-state index contributed by atoms with van der Waals surface area (Å²) < 4.78 is 0.377. The third-order valence-electron chi connectivity index (χ3n) is 2.87. The minimum Gasteiger partial charge on any atom is -0.481 e. The zero-order chi connectivity index (χ0) is 14.2. The number of hydrogen-bond acceptors (Lipinski definition) is 4. The van der Waals surface area contributed by atoms with Crippen LogP contribution >= 0.6 is 15.9 Å².